The van der Waals surface area contributed by atoms with Crippen LogP contribution < -0.4 is 5.56 Å². The minimum absolute atomic E-state index is 0.00559. The van der Waals surface area contributed by atoms with Gasteiger partial charge in [0.05, 0.1) is 34.1 Å². The molecule has 0 aliphatic carbocycles. The lowest BCUT2D eigenvalue weighted by Crippen LogP contribution is -2.41. The van der Waals surface area contributed by atoms with Gasteiger partial charge in [0.2, 0.25) is 5.91 Å². The number of hydrogen-bond donors (Lipinski definition) is 2. The fourth-order valence-electron chi connectivity index (χ4n) is 4.61. The van der Waals surface area contributed by atoms with Crippen LogP contribution >= 0.6 is 0 Å². The summed E-state index contributed by atoms with van der Waals surface area (Å²) in [6, 6.07) is 13.3. The second-order valence-corrected chi connectivity index (χ2v) is 8.39. The van der Waals surface area contributed by atoms with Crippen LogP contribution in [0.15, 0.2) is 47.3 Å². The molecular formula is C24H25N5O2. The Bertz CT molecular complexity index is 1340. The predicted octanol–water partition coefficient (Wildman–Crippen LogP) is 3.97. The van der Waals surface area contributed by atoms with Crippen LogP contribution in [0.2, 0.25) is 0 Å². The third-order valence-corrected chi connectivity index (χ3v) is 6.26. The zero-order chi connectivity index (χ0) is 21.5. The Kier molecular flexibility index (Phi) is 4.81. The molecule has 2 N–H and O–H groups in total. The van der Waals surface area contributed by atoms with Gasteiger partial charge in [0.15, 0.2) is 0 Å². The van der Waals surface area contributed by atoms with Crippen molar-refractivity contribution >= 4 is 27.7 Å². The van der Waals surface area contributed by atoms with Gasteiger partial charge in [0, 0.05) is 11.9 Å². The number of nitrogens with zero attached hydrogens (tertiary/aromatic N) is 3. The number of H-pyrrole nitrogens is 2. The molecule has 0 saturated carbocycles. The Labute approximate surface area is 179 Å². The lowest BCUT2D eigenvalue weighted by molar-refractivity contribution is -0.136. The molecule has 1 fully saturated rings. The van der Waals surface area contributed by atoms with E-state index < -0.39 is 5.92 Å². The van der Waals surface area contributed by atoms with Gasteiger partial charge >= 0.3 is 0 Å². The van der Waals surface area contributed by atoms with Crippen molar-refractivity contribution in [3.63, 3.8) is 0 Å². The van der Waals surface area contributed by atoms with Crippen molar-refractivity contribution in [1.29, 1.82) is 0 Å². The molecule has 7 heteroatoms. The maximum atomic E-state index is 13.6. The van der Waals surface area contributed by atoms with E-state index in [4.69, 9.17) is 4.98 Å². The van der Waals surface area contributed by atoms with Gasteiger partial charge in [0.1, 0.15) is 5.82 Å². The van der Waals surface area contributed by atoms with Crippen LogP contribution in [0.3, 0.4) is 0 Å². The summed E-state index contributed by atoms with van der Waals surface area (Å²) in [5.41, 5.74) is 3.44. The third-order valence-electron chi connectivity index (χ3n) is 6.26. The topological polar surface area (TPSA) is 94.7 Å². The van der Waals surface area contributed by atoms with Crippen molar-refractivity contribution in [2.75, 3.05) is 6.54 Å². The van der Waals surface area contributed by atoms with E-state index >= 15 is 0 Å². The van der Waals surface area contributed by atoms with E-state index in [1.807, 2.05) is 42.2 Å². The number of nitrogens with one attached hydrogen (secondary N) is 2. The summed E-state index contributed by atoms with van der Waals surface area (Å²) in [7, 11) is 0. The number of aromatic amines is 2. The highest BCUT2D eigenvalue weighted by molar-refractivity contribution is 5.91. The summed E-state index contributed by atoms with van der Waals surface area (Å²) >= 11 is 0. The fraction of sp³-hybridized carbons (Fsp3) is 0.333. The first-order chi connectivity index (χ1) is 15.0. The first kappa shape index (κ1) is 19.5. The Balaban J connectivity index is 1.51. The molecule has 5 rings (SSSR count). The number of imidazole rings is 1. The molecule has 0 bridgehead atoms. The summed E-state index contributed by atoms with van der Waals surface area (Å²) in [6.07, 6.45) is 2.89. The maximum absolute atomic E-state index is 13.6. The Morgan fingerprint density at radius 1 is 1.16 bits per heavy atom. The molecule has 2 aromatic carbocycles. The quantitative estimate of drug-likeness (QED) is 0.529. The number of likely N-dealkylation sites (tertiary alicyclic amines) is 1. The number of fused-ring (bicyclic) bond motifs is 2. The van der Waals surface area contributed by atoms with E-state index in [0.717, 1.165) is 41.5 Å². The Morgan fingerprint density at radius 3 is 2.81 bits per heavy atom. The molecule has 4 aromatic rings. The number of piperidine rings is 1. The van der Waals surface area contributed by atoms with Crippen molar-refractivity contribution in [2.24, 2.45) is 0 Å². The van der Waals surface area contributed by atoms with Gasteiger partial charge in [-0.2, -0.15) is 5.10 Å². The molecule has 1 aliphatic heterocycles. The van der Waals surface area contributed by atoms with Crippen molar-refractivity contribution in [1.82, 2.24) is 25.1 Å². The van der Waals surface area contributed by atoms with Gasteiger partial charge in [-0.15, -0.1) is 0 Å². The van der Waals surface area contributed by atoms with E-state index in [1.54, 1.807) is 6.07 Å². The molecule has 0 spiro atoms. The largest absolute Gasteiger partial charge is 0.340 e. The van der Waals surface area contributed by atoms with Crippen LogP contribution in [0.5, 0.6) is 0 Å². The molecule has 0 radical (unpaired) electrons. The van der Waals surface area contributed by atoms with Crippen molar-refractivity contribution in [2.45, 2.75) is 45.1 Å². The first-order valence-corrected chi connectivity index (χ1v) is 10.8. The van der Waals surface area contributed by atoms with Gasteiger partial charge in [-0.1, -0.05) is 24.3 Å². The van der Waals surface area contributed by atoms with E-state index in [9.17, 15) is 9.59 Å². The number of benzene rings is 2. The lowest BCUT2D eigenvalue weighted by atomic mass is 9.96. The minimum Gasteiger partial charge on any atom is -0.340 e. The second kappa shape index (κ2) is 7.65. The molecule has 1 aliphatic rings. The molecule has 1 saturated heterocycles. The molecule has 3 heterocycles. The van der Waals surface area contributed by atoms with Crippen LogP contribution in [-0.4, -0.2) is 37.5 Å². The zero-order valence-corrected chi connectivity index (χ0v) is 17.7. The molecule has 31 heavy (non-hydrogen) atoms. The van der Waals surface area contributed by atoms with Crippen LogP contribution in [0, 0.1) is 6.92 Å². The number of carbonyl (C=O) groups excluding carboxylic acids is 1. The van der Waals surface area contributed by atoms with Crippen LogP contribution in [-0.2, 0) is 4.79 Å². The zero-order valence-electron chi connectivity index (χ0n) is 17.7. The van der Waals surface area contributed by atoms with Gasteiger partial charge in [-0.05, 0) is 56.9 Å². The molecule has 2 aromatic heterocycles. The van der Waals surface area contributed by atoms with Crippen LogP contribution in [0.4, 0.5) is 0 Å². The summed E-state index contributed by atoms with van der Waals surface area (Å²) in [4.78, 5) is 35.9. The second-order valence-electron chi connectivity index (χ2n) is 8.39. The van der Waals surface area contributed by atoms with Crippen LogP contribution in [0.1, 0.15) is 55.2 Å². The molecular weight excluding hydrogens is 390 g/mol. The lowest BCUT2D eigenvalue weighted by Gasteiger charge is -2.36. The Morgan fingerprint density at radius 2 is 1.97 bits per heavy atom. The highest BCUT2D eigenvalue weighted by Gasteiger charge is 2.34. The summed E-state index contributed by atoms with van der Waals surface area (Å²) in [5, 5.41) is 8.08. The van der Waals surface area contributed by atoms with E-state index in [-0.39, 0.29) is 17.5 Å². The normalized spacial score (nSPS) is 17.9. The fourth-order valence-corrected chi connectivity index (χ4v) is 4.61. The standard InChI is InChI=1S/C24H25N5O2/c1-14-10-11-18-19(13-14)26-22(25-18)20-9-5-6-12-29(20)24(31)15(2)21-16-7-3-4-8-17(16)23(30)28-27-21/h3-4,7-8,10-11,13,15,20H,5-6,9,12H2,1-2H3,(H,25,26)(H,28,30)/t15-,20+/m0/s1. The predicted molar refractivity (Wildman–Crippen MR) is 120 cm³/mol. The molecule has 2 atom stereocenters. The first-order valence-electron chi connectivity index (χ1n) is 10.8. The number of amides is 1. The minimum atomic E-state index is -0.478. The number of rotatable bonds is 3. The molecule has 1 amide bonds. The molecule has 0 unspecified atom stereocenters. The van der Waals surface area contributed by atoms with Gasteiger partial charge in [0.25, 0.3) is 5.56 Å². The highest BCUT2D eigenvalue weighted by Crippen LogP contribution is 2.34. The number of hydrogen-bond acceptors (Lipinski definition) is 4. The van der Waals surface area contributed by atoms with Crippen molar-refractivity contribution in [3.8, 4) is 0 Å². The van der Waals surface area contributed by atoms with Gasteiger partial charge in [-0.3, -0.25) is 9.59 Å². The summed E-state index contributed by atoms with van der Waals surface area (Å²) in [6.45, 7) is 4.61. The van der Waals surface area contributed by atoms with Crippen LogP contribution in [0.25, 0.3) is 21.8 Å². The van der Waals surface area contributed by atoms with Gasteiger partial charge in [-0.25, -0.2) is 10.1 Å². The SMILES string of the molecule is Cc1ccc2nc([C@H]3CCCCN3C(=O)[C@@H](C)c3n[nH]c(=O)c4ccccc34)[nH]c2c1. The average Bonchev–Trinajstić information content (AvgIpc) is 3.22. The summed E-state index contributed by atoms with van der Waals surface area (Å²) in [5.74, 6) is 0.361. The monoisotopic (exact) mass is 415 g/mol. The Hall–Kier alpha value is -3.48. The van der Waals surface area contributed by atoms with Gasteiger partial charge < -0.3 is 9.88 Å². The third kappa shape index (κ3) is 3.40. The van der Waals surface area contributed by atoms with E-state index in [2.05, 4.69) is 28.2 Å². The highest BCUT2D eigenvalue weighted by atomic mass is 16.2. The smallest absolute Gasteiger partial charge is 0.272 e. The number of aromatic nitrogens is 4. The van der Waals surface area contributed by atoms with E-state index in [0.29, 0.717) is 17.6 Å². The van der Waals surface area contributed by atoms with Crippen molar-refractivity contribution < 1.29 is 4.79 Å². The number of aryl methyl sites for hydroxylation is 1. The van der Waals surface area contributed by atoms with Crippen molar-refractivity contribution in [3.05, 3.63) is 69.9 Å². The summed E-state index contributed by atoms with van der Waals surface area (Å²) < 4.78 is 0. The maximum Gasteiger partial charge on any atom is 0.272 e. The molecule has 7 nitrogen and oxygen atoms in total. The molecule has 158 valence electrons. The van der Waals surface area contributed by atoms with E-state index in [1.165, 1.54) is 5.56 Å². The number of carbonyl (C=O) groups is 1. The average molecular weight is 415 g/mol.